The number of carbonyl (C=O) groups is 3. The molecule has 7 heteroatoms. The maximum Gasteiger partial charge on any atom is 0.375 e. The molecular weight excluding hydrogens is 470 g/mol. The van der Waals surface area contributed by atoms with Crippen LogP contribution in [0, 0.1) is 0 Å². The number of Topliss-reactive ketones (excluding diaryl/α,β-unsaturated/α-hetero) is 1. The number of hydrogen-bond acceptors (Lipinski definition) is 6. The van der Waals surface area contributed by atoms with E-state index in [4.69, 9.17) is 14.2 Å². The van der Waals surface area contributed by atoms with Crippen LogP contribution in [-0.4, -0.2) is 43.6 Å². The third kappa shape index (κ3) is 3.38. The van der Waals surface area contributed by atoms with Gasteiger partial charge in [-0.05, 0) is 29.3 Å². The van der Waals surface area contributed by atoms with Gasteiger partial charge >= 0.3 is 11.9 Å². The fourth-order valence-electron chi connectivity index (χ4n) is 6.05. The van der Waals surface area contributed by atoms with E-state index >= 15 is 0 Å². The van der Waals surface area contributed by atoms with Crippen molar-refractivity contribution in [1.29, 1.82) is 0 Å². The number of ether oxygens (including phenoxy) is 3. The first-order valence-electron chi connectivity index (χ1n) is 11.9. The molecule has 1 aliphatic rings. The van der Waals surface area contributed by atoms with Gasteiger partial charge < -0.3 is 18.8 Å². The number of carbonyl (C=O) groups excluding carboxylic acids is 3. The first-order valence-corrected chi connectivity index (χ1v) is 11.9. The van der Waals surface area contributed by atoms with E-state index in [2.05, 4.69) is 0 Å². The topological polar surface area (TPSA) is 83.8 Å². The van der Waals surface area contributed by atoms with Crippen molar-refractivity contribution in [2.75, 3.05) is 21.3 Å². The number of benzene rings is 3. The van der Waals surface area contributed by atoms with Gasteiger partial charge in [0.1, 0.15) is 11.2 Å². The number of rotatable bonds is 6. The molecule has 1 aromatic heterocycles. The van der Waals surface area contributed by atoms with Gasteiger partial charge in [-0.2, -0.15) is 0 Å². The molecule has 7 nitrogen and oxygen atoms in total. The number of ketones is 1. The zero-order chi connectivity index (χ0) is 26.3. The Morgan fingerprint density at radius 1 is 0.811 bits per heavy atom. The SMILES string of the molecule is COC(=O)C(=O)[C@H]1c2c(c3ccccc3n2C)[C@@](C(=O)OC)(c2ccc(OC)cc2)[C@@H]1c1ccccc1. The zero-order valence-electron chi connectivity index (χ0n) is 21.1. The van der Waals surface area contributed by atoms with Gasteiger partial charge in [0.15, 0.2) is 0 Å². The van der Waals surface area contributed by atoms with Crippen LogP contribution < -0.4 is 4.74 Å². The Labute approximate surface area is 214 Å². The molecule has 3 atom stereocenters. The van der Waals surface area contributed by atoms with Crippen LogP contribution in [0.3, 0.4) is 0 Å². The van der Waals surface area contributed by atoms with Gasteiger partial charge in [0, 0.05) is 35.1 Å². The molecule has 0 bridgehead atoms. The molecule has 0 saturated carbocycles. The van der Waals surface area contributed by atoms with Gasteiger partial charge in [-0.25, -0.2) is 4.79 Å². The van der Waals surface area contributed by atoms with Crippen molar-refractivity contribution in [3.8, 4) is 5.75 Å². The number of fused-ring (bicyclic) bond motifs is 3. The van der Waals surface area contributed by atoms with Crippen LogP contribution in [0.2, 0.25) is 0 Å². The molecule has 0 saturated heterocycles. The van der Waals surface area contributed by atoms with Crippen molar-refractivity contribution >= 4 is 28.6 Å². The van der Waals surface area contributed by atoms with Crippen LogP contribution >= 0.6 is 0 Å². The summed E-state index contributed by atoms with van der Waals surface area (Å²) in [6.07, 6.45) is 0. The molecule has 1 aliphatic carbocycles. The van der Waals surface area contributed by atoms with Crippen molar-refractivity contribution in [3.05, 3.63) is 101 Å². The fraction of sp³-hybridized carbons (Fsp3) is 0.233. The fourth-order valence-corrected chi connectivity index (χ4v) is 6.05. The molecule has 0 amide bonds. The predicted octanol–water partition coefficient (Wildman–Crippen LogP) is 4.27. The number of esters is 2. The second-order valence-corrected chi connectivity index (χ2v) is 9.09. The van der Waals surface area contributed by atoms with Crippen molar-refractivity contribution in [1.82, 2.24) is 4.57 Å². The summed E-state index contributed by atoms with van der Waals surface area (Å²) in [5.74, 6) is -3.35. The van der Waals surface area contributed by atoms with Crippen molar-refractivity contribution in [2.24, 2.45) is 7.05 Å². The van der Waals surface area contributed by atoms with Gasteiger partial charge in [0.05, 0.1) is 27.2 Å². The zero-order valence-corrected chi connectivity index (χ0v) is 21.1. The Morgan fingerprint density at radius 2 is 1.46 bits per heavy atom. The minimum absolute atomic E-state index is 0.524. The van der Waals surface area contributed by atoms with Crippen LogP contribution in [0.4, 0.5) is 0 Å². The quantitative estimate of drug-likeness (QED) is 0.292. The highest BCUT2D eigenvalue weighted by molar-refractivity contribution is 6.36. The second kappa shape index (κ2) is 9.24. The molecule has 5 rings (SSSR count). The number of para-hydroxylation sites is 1. The Hall–Kier alpha value is -4.39. The Balaban J connectivity index is 1.98. The largest absolute Gasteiger partial charge is 0.497 e. The third-order valence-electron chi connectivity index (χ3n) is 7.52. The summed E-state index contributed by atoms with van der Waals surface area (Å²) in [5, 5.41) is 0.808. The van der Waals surface area contributed by atoms with Crippen LogP contribution in [-0.2, 0) is 36.3 Å². The molecule has 0 radical (unpaired) electrons. The van der Waals surface area contributed by atoms with Gasteiger partial charge in [-0.1, -0.05) is 60.7 Å². The normalized spacial score (nSPS) is 20.3. The third-order valence-corrected chi connectivity index (χ3v) is 7.52. The monoisotopic (exact) mass is 497 g/mol. The molecule has 4 aromatic rings. The molecular formula is C30H27NO6. The number of hydrogen-bond donors (Lipinski definition) is 0. The summed E-state index contributed by atoms with van der Waals surface area (Å²) in [6.45, 7) is 0. The van der Waals surface area contributed by atoms with E-state index in [-0.39, 0.29) is 0 Å². The highest BCUT2D eigenvalue weighted by Crippen LogP contribution is 2.62. The maximum absolute atomic E-state index is 14.2. The molecule has 0 aliphatic heterocycles. The van der Waals surface area contributed by atoms with Crippen molar-refractivity contribution in [2.45, 2.75) is 17.3 Å². The summed E-state index contributed by atoms with van der Waals surface area (Å²) in [4.78, 5) is 40.8. The molecule has 0 fully saturated rings. The lowest BCUT2D eigenvalue weighted by atomic mass is 9.64. The van der Waals surface area contributed by atoms with Gasteiger partial charge in [-0.15, -0.1) is 0 Å². The molecule has 3 aromatic carbocycles. The summed E-state index contributed by atoms with van der Waals surface area (Å²) in [6, 6.07) is 24.2. The van der Waals surface area contributed by atoms with Crippen LogP contribution in [0.15, 0.2) is 78.9 Å². The van der Waals surface area contributed by atoms with E-state index in [1.165, 1.54) is 14.2 Å². The van der Waals surface area contributed by atoms with Crippen LogP contribution in [0.25, 0.3) is 10.9 Å². The maximum atomic E-state index is 14.2. The van der Waals surface area contributed by atoms with E-state index in [0.717, 1.165) is 16.5 Å². The molecule has 1 heterocycles. The first kappa shape index (κ1) is 24.3. The second-order valence-electron chi connectivity index (χ2n) is 9.09. The van der Waals surface area contributed by atoms with Gasteiger partial charge in [-0.3, -0.25) is 9.59 Å². The number of methoxy groups -OCH3 is 3. The number of aromatic nitrogens is 1. The van der Waals surface area contributed by atoms with Gasteiger partial charge in [0.2, 0.25) is 5.78 Å². The lowest BCUT2D eigenvalue weighted by molar-refractivity contribution is -0.153. The molecule has 0 unspecified atom stereocenters. The highest BCUT2D eigenvalue weighted by atomic mass is 16.5. The van der Waals surface area contributed by atoms with E-state index in [1.54, 1.807) is 19.2 Å². The van der Waals surface area contributed by atoms with E-state index in [1.807, 2.05) is 78.3 Å². The smallest absolute Gasteiger partial charge is 0.375 e. The lowest BCUT2D eigenvalue weighted by Crippen LogP contribution is -2.43. The Bertz CT molecular complexity index is 1500. The molecule has 188 valence electrons. The first-order chi connectivity index (χ1) is 17.9. The Kier molecular flexibility index (Phi) is 6.07. The van der Waals surface area contributed by atoms with Crippen LogP contribution in [0.5, 0.6) is 5.75 Å². The van der Waals surface area contributed by atoms with E-state index < -0.39 is 35.0 Å². The van der Waals surface area contributed by atoms with E-state index in [0.29, 0.717) is 22.6 Å². The standard InChI is InChI=1S/C30H27NO6/c1-31-22-13-9-8-12-21(22)25-26(31)23(27(32)28(33)36-3)24(18-10-6-5-7-11-18)30(25,29(34)37-4)19-14-16-20(35-2)17-15-19/h5-17,23-24H,1-4H3/t23-,24-,30-/m1/s1. The number of aryl methyl sites for hydroxylation is 1. The Morgan fingerprint density at radius 3 is 2.08 bits per heavy atom. The minimum Gasteiger partial charge on any atom is -0.497 e. The minimum atomic E-state index is -1.44. The van der Waals surface area contributed by atoms with Crippen molar-refractivity contribution < 1.29 is 28.6 Å². The number of nitrogens with zero attached hydrogens (tertiary/aromatic N) is 1. The van der Waals surface area contributed by atoms with Crippen LogP contribution in [0.1, 0.15) is 34.2 Å². The average molecular weight is 498 g/mol. The lowest BCUT2D eigenvalue weighted by Gasteiger charge is -2.36. The average Bonchev–Trinajstić information content (AvgIpc) is 3.43. The van der Waals surface area contributed by atoms with E-state index in [9.17, 15) is 14.4 Å². The van der Waals surface area contributed by atoms with Gasteiger partial charge in [0.25, 0.3) is 0 Å². The summed E-state index contributed by atoms with van der Waals surface area (Å²) < 4.78 is 17.7. The van der Waals surface area contributed by atoms with Crippen molar-refractivity contribution in [3.63, 3.8) is 0 Å². The molecule has 37 heavy (non-hydrogen) atoms. The summed E-state index contributed by atoms with van der Waals surface area (Å²) in [7, 11) is 5.95. The predicted molar refractivity (Wildman–Crippen MR) is 138 cm³/mol. The molecule has 0 N–H and O–H groups in total. The highest BCUT2D eigenvalue weighted by Gasteiger charge is 2.64. The summed E-state index contributed by atoms with van der Waals surface area (Å²) in [5.41, 5.74) is 2.00. The molecule has 0 spiro atoms. The summed E-state index contributed by atoms with van der Waals surface area (Å²) >= 11 is 0.